The first-order chi connectivity index (χ1) is 20.5. The molecule has 9 nitrogen and oxygen atoms in total. The van der Waals surface area contributed by atoms with Gasteiger partial charge in [-0.25, -0.2) is 0 Å². The van der Waals surface area contributed by atoms with Crippen molar-refractivity contribution in [2.24, 2.45) is 40.7 Å². The van der Waals surface area contributed by atoms with E-state index in [0.29, 0.717) is 62.9 Å². The van der Waals surface area contributed by atoms with Crippen molar-refractivity contribution >= 4 is 5.78 Å². The molecule has 43 heavy (non-hydrogen) atoms. The summed E-state index contributed by atoms with van der Waals surface area (Å²) in [6.07, 6.45) is 8.20. The molecule has 1 heterocycles. The van der Waals surface area contributed by atoms with Crippen LogP contribution in [0.4, 0.5) is 0 Å². The largest absolute Gasteiger partial charge is 0.392 e. The molecule has 9 heteroatoms. The van der Waals surface area contributed by atoms with Crippen LogP contribution in [0.2, 0.25) is 0 Å². The van der Waals surface area contributed by atoms with E-state index in [1.54, 1.807) is 7.11 Å². The number of carbonyl (C=O) groups is 1. The first kappa shape index (κ1) is 35.2. The second-order valence-electron chi connectivity index (χ2n) is 15.0. The number of ketones is 1. The summed E-state index contributed by atoms with van der Waals surface area (Å²) in [5.74, 6) is 0.809. The van der Waals surface area contributed by atoms with Gasteiger partial charge in [-0.1, -0.05) is 26.7 Å². The number of carbonyl (C=O) groups excluding carboxylic acids is 1. The Bertz CT molecular complexity index is 853. The lowest BCUT2D eigenvalue weighted by molar-refractivity contribution is -0.141. The number of nitrogens with two attached hydrogens (primary N) is 1. The minimum absolute atomic E-state index is 0.0818. The van der Waals surface area contributed by atoms with Crippen LogP contribution >= 0.6 is 0 Å². The van der Waals surface area contributed by atoms with Gasteiger partial charge in [0.2, 0.25) is 0 Å². The first-order valence-corrected chi connectivity index (χ1v) is 17.4. The fourth-order valence-corrected chi connectivity index (χ4v) is 9.20. The molecule has 3 saturated carbocycles. The Labute approximate surface area is 259 Å². The van der Waals surface area contributed by atoms with Gasteiger partial charge >= 0.3 is 0 Å². The summed E-state index contributed by atoms with van der Waals surface area (Å²) in [6.45, 7) is 5.50. The molecule has 1 aliphatic heterocycles. The second-order valence-corrected chi connectivity index (χ2v) is 15.0. The standard InChI is InChI=1S/C34H62N2O7/c1-21(2)20-43-30-18-23(16-28(40)33(30)41)8-11-27(39)32(26(38)10-7-22-6-9-25(37)29(17-22)42-3)34(13-4-5-14-34)24-12-15-36-31(35)19-24/h21-26,28-33,36-38,40-41H,4-20,35H2,1-3H3/t22?,23?,24?,25?,26-,28?,29?,30?,31?,32-,33?/m1/s1. The Hall–Kier alpha value is -0.650. The third-order valence-electron chi connectivity index (χ3n) is 11.5. The summed E-state index contributed by atoms with van der Waals surface area (Å²) in [6, 6.07) is 0. The third-order valence-corrected chi connectivity index (χ3v) is 11.5. The number of methoxy groups -OCH3 is 1. The molecule has 11 atom stereocenters. The number of rotatable bonds is 14. The van der Waals surface area contributed by atoms with Gasteiger partial charge in [-0.15, -0.1) is 0 Å². The molecule has 0 amide bonds. The summed E-state index contributed by atoms with van der Waals surface area (Å²) >= 11 is 0. The quantitative estimate of drug-likeness (QED) is 0.174. The Balaban J connectivity index is 1.47. The van der Waals surface area contributed by atoms with Crippen LogP contribution in [0.1, 0.15) is 110 Å². The maximum absolute atomic E-state index is 14.4. The van der Waals surface area contributed by atoms with E-state index in [0.717, 1.165) is 64.3 Å². The number of aliphatic hydroxyl groups is 4. The van der Waals surface area contributed by atoms with Crippen LogP contribution < -0.4 is 11.1 Å². The van der Waals surface area contributed by atoms with Crippen molar-refractivity contribution in [2.45, 2.75) is 153 Å². The van der Waals surface area contributed by atoms with Gasteiger partial charge in [-0.3, -0.25) is 4.79 Å². The van der Waals surface area contributed by atoms with Crippen LogP contribution in [0.15, 0.2) is 0 Å². The van der Waals surface area contributed by atoms with Gasteiger partial charge in [0.15, 0.2) is 0 Å². The van der Waals surface area contributed by atoms with Crippen molar-refractivity contribution in [3.05, 3.63) is 0 Å². The third kappa shape index (κ3) is 9.00. The molecule has 0 aromatic carbocycles. The van der Waals surface area contributed by atoms with Gasteiger partial charge in [0.05, 0.1) is 36.7 Å². The molecule has 4 fully saturated rings. The zero-order chi connectivity index (χ0) is 31.1. The van der Waals surface area contributed by atoms with E-state index in [4.69, 9.17) is 15.2 Å². The van der Waals surface area contributed by atoms with Crippen LogP contribution in [-0.4, -0.2) is 89.3 Å². The van der Waals surface area contributed by atoms with Crippen molar-refractivity contribution in [1.29, 1.82) is 0 Å². The number of aliphatic hydroxyl groups excluding tert-OH is 4. The van der Waals surface area contributed by atoms with Crippen LogP contribution in [0, 0.1) is 35.0 Å². The second kappa shape index (κ2) is 16.3. The first-order valence-electron chi connectivity index (χ1n) is 17.4. The van der Waals surface area contributed by atoms with Gasteiger partial charge in [-0.2, -0.15) is 0 Å². The van der Waals surface area contributed by atoms with Crippen molar-refractivity contribution in [3.63, 3.8) is 0 Å². The molecule has 0 bridgehead atoms. The van der Waals surface area contributed by atoms with Crippen LogP contribution in [0.5, 0.6) is 0 Å². The number of ether oxygens (including phenoxy) is 2. The normalized spacial score (nSPS) is 38.2. The number of nitrogens with one attached hydrogen (secondary N) is 1. The smallest absolute Gasteiger partial charge is 0.139 e. The highest BCUT2D eigenvalue weighted by molar-refractivity contribution is 5.82. The van der Waals surface area contributed by atoms with E-state index in [-0.39, 0.29) is 29.4 Å². The summed E-state index contributed by atoms with van der Waals surface area (Å²) in [7, 11) is 1.65. The Kier molecular flexibility index (Phi) is 13.3. The van der Waals surface area contributed by atoms with Crippen LogP contribution in [-0.2, 0) is 14.3 Å². The maximum atomic E-state index is 14.4. The van der Waals surface area contributed by atoms with Crippen molar-refractivity contribution in [3.8, 4) is 0 Å². The molecule has 3 aliphatic carbocycles. The molecule has 0 aromatic rings. The highest BCUT2D eigenvalue weighted by Crippen LogP contribution is 2.55. The zero-order valence-corrected chi connectivity index (χ0v) is 27.0. The predicted molar refractivity (Wildman–Crippen MR) is 166 cm³/mol. The molecular formula is C34H62N2O7. The van der Waals surface area contributed by atoms with E-state index >= 15 is 0 Å². The summed E-state index contributed by atoms with van der Waals surface area (Å²) in [5.41, 5.74) is 6.15. The van der Waals surface area contributed by atoms with E-state index in [1.165, 1.54) is 0 Å². The summed E-state index contributed by atoms with van der Waals surface area (Å²) < 4.78 is 11.5. The predicted octanol–water partition coefficient (Wildman–Crippen LogP) is 3.29. The number of piperidine rings is 1. The monoisotopic (exact) mass is 610 g/mol. The fraction of sp³-hybridized carbons (Fsp3) is 0.971. The Morgan fingerprint density at radius 2 is 1.67 bits per heavy atom. The van der Waals surface area contributed by atoms with Crippen LogP contribution in [0.3, 0.4) is 0 Å². The lowest BCUT2D eigenvalue weighted by atomic mass is 9.58. The maximum Gasteiger partial charge on any atom is 0.139 e. The molecule has 7 N–H and O–H groups in total. The van der Waals surface area contributed by atoms with E-state index in [1.807, 2.05) is 0 Å². The van der Waals surface area contributed by atoms with Gasteiger partial charge in [0.1, 0.15) is 11.9 Å². The minimum atomic E-state index is -0.898. The fourth-order valence-electron chi connectivity index (χ4n) is 9.20. The summed E-state index contributed by atoms with van der Waals surface area (Å²) in [4.78, 5) is 14.4. The minimum Gasteiger partial charge on any atom is -0.392 e. The Morgan fingerprint density at radius 3 is 2.35 bits per heavy atom. The number of hydrogen-bond acceptors (Lipinski definition) is 9. The lowest BCUT2D eigenvalue weighted by Crippen LogP contribution is -2.53. The Morgan fingerprint density at radius 1 is 0.953 bits per heavy atom. The molecule has 250 valence electrons. The highest BCUT2D eigenvalue weighted by atomic mass is 16.5. The van der Waals surface area contributed by atoms with Crippen molar-refractivity contribution in [2.75, 3.05) is 20.3 Å². The van der Waals surface area contributed by atoms with Gasteiger partial charge in [0.25, 0.3) is 0 Å². The molecule has 0 radical (unpaired) electrons. The van der Waals surface area contributed by atoms with E-state index in [9.17, 15) is 25.2 Å². The topological polar surface area (TPSA) is 154 Å². The molecular weight excluding hydrogens is 548 g/mol. The molecule has 9 unspecified atom stereocenters. The molecule has 0 spiro atoms. The lowest BCUT2D eigenvalue weighted by Gasteiger charge is -2.48. The van der Waals surface area contributed by atoms with E-state index in [2.05, 4.69) is 19.2 Å². The van der Waals surface area contributed by atoms with E-state index < -0.39 is 36.4 Å². The highest BCUT2D eigenvalue weighted by Gasteiger charge is 2.53. The van der Waals surface area contributed by atoms with Crippen molar-refractivity contribution < 1.29 is 34.7 Å². The van der Waals surface area contributed by atoms with Gasteiger partial charge < -0.3 is 41.0 Å². The van der Waals surface area contributed by atoms with Gasteiger partial charge in [-0.05, 0) is 113 Å². The molecule has 1 saturated heterocycles. The number of Topliss-reactive ketones (excluding diaryl/α,β-unsaturated/α-hetero) is 1. The van der Waals surface area contributed by atoms with Crippen molar-refractivity contribution in [1.82, 2.24) is 5.32 Å². The SMILES string of the molecule is COC1CC(CC[C@@H](O)[C@H](C(=O)CCC2CC(O)C(O)C(OCC(C)C)C2)C2(C3CCNC(N)C3)CCCC2)CCC1O. The number of hydrogen-bond donors (Lipinski definition) is 6. The zero-order valence-electron chi connectivity index (χ0n) is 27.0. The van der Waals surface area contributed by atoms with Crippen LogP contribution in [0.25, 0.3) is 0 Å². The summed E-state index contributed by atoms with van der Waals surface area (Å²) in [5, 5.41) is 46.7. The van der Waals surface area contributed by atoms with Gasteiger partial charge in [0, 0.05) is 26.1 Å². The molecule has 4 rings (SSSR count). The average molecular weight is 611 g/mol. The average Bonchev–Trinajstić information content (AvgIpc) is 3.47. The molecule has 4 aliphatic rings. The molecule has 0 aromatic heterocycles.